The molecule has 0 spiro atoms. The van der Waals surface area contributed by atoms with Crippen molar-refractivity contribution in [1.82, 2.24) is 0 Å². The smallest absolute Gasteiger partial charge is 0.870 e. The van der Waals surface area contributed by atoms with Crippen LogP contribution in [0.2, 0.25) is 0 Å². The third-order valence-corrected chi connectivity index (χ3v) is 0. The summed E-state index contributed by atoms with van der Waals surface area (Å²) >= 11 is 0. The summed E-state index contributed by atoms with van der Waals surface area (Å²) in [6.45, 7) is 0. The van der Waals surface area contributed by atoms with E-state index < -0.39 is 6.16 Å². The first-order valence-corrected chi connectivity index (χ1v) is 0.651. The van der Waals surface area contributed by atoms with Crippen LogP contribution >= 0.6 is 0 Å². The average Bonchev–Trinajstić information content (AvgIpc) is 0.811. The predicted octanol–water partition coefficient (Wildman–Crippen LogP) is -0.490. The van der Waals surface area contributed by atoms with Gasteiger partial charge in [0.1, 0.15) is 0 Å². The molecule has 0 rings (SSSR count). The topological polar surface area (TPSA) is 178 Å². The number of hydrogen-bond donors (Lipinski definition) is 2. The molecular formula is CH6CoNiO7. The Morgan fingerprint density at radius 2 is 0.900 bits per heavy atom. The van der Waals surface area contributed by atoms with Crippen LogP contribution in [0.5, 0.6) is 0 Å². The quantitative estimate of drug-likeness (QED) is 0.542. The monoisotopic (exact) mass is 247 g/mol. The molecule has 0 aromatic rings. The summed E-state index contributed by atoms with van der Waals surface area (Å²) < 4.78 is 0. The van der Waals surface area contributed by atoms with Crippen molar-refractivity contribution in [3.63, 3.8) is 0 Å². The molecule has 0 bridgehead atoms. The Bertz CT molecular complexity index is 36.6. The summed E-state index contributed by atoms with van der Waals surface area (Å²) in [7, 11) is 0. The summed E-state index contributed by atoms with van der Waals surface area (Å²) in [5.74, 6) is 0. The zero-order valence-electron chi connectivity index (χ0n) is 4.24. The van der Waals surface area contributed by atoms with Gasteiger partial charge >= 0.3 is 39.4 Å². The number of carbonyl (C=O) groups is 1. The van der Waals surface area contributed by atoms with E-state index in [0.717, 1.165) is 0 Å². The largest absolute Gasteiger partial charge is 2.00 e. The molecule has 0 saturated heterocycles. The molecule has 1 radical (unpaired) electrons. The van der Waals surface area contributed by atoms with Crippen molar-refractivity contribution >= 4 is 6.16 Å². The van der Waals surface area contributed by atoms with Gasteiger partial charge in [-0.15, -0.1) is 0 Å². The van der Waals surface area contributed by atoms with E-state index in [1.54, 1.807) is 0 Å². The average molecular weight is 248 g/mol. The maximum Gasteiger partial charge on any atom is 2.00 e. The Morgan fingerprint density at radius 3 is 0.900 bits per heavy atom. The number of hydrogen-bond acceptors (Lipinski definition) is 5. The van der Waals surface area contributed by atoms with E-state index in [1.165, 1.54) is 0 Å². The third kappa shape index (κ3) is 33900. The zero-order valence-corrected chi connectivity index (χ0v) is 6.27. The zero-order chi connectivity index (χ0) is 3.58. The van der Waals surface area contributed by atoms with E-state index in [0.29, 0.717) is 0 Å². The number of carboxylic acid groups (broad SMARTS) is 2. The molecule has 0 saturated carbocycles. The van der Waals surface area contributed by atoms with Gasteiger partial charge in [-0.25, -0.2) is 4.79 Å². The van der Waals surface area contributed by atoms with Gasteiger partial charge in [-0.05, 0) is 0 Å². The fourth-order valence-corrected chi connectivity index (χ4v) is 0. The summed E-state index contributed by atoms with van der Waals surface area (Å²) in [5, 5.41) is 13.9. The Balaban J connectivity index is -0.00000000300. The minimum atomic E-state index is -1.83. The molecule has 71 valence electrons. The molecule has 0 heterocycles. The maximum atomic E-state index is 8.56. The van der Waals surface area contributed by atoms with Crippen LogP contribution in [-0.4, -0.2) is 38.3 Å². The number of rotatable bonds is 0. The molecule has 0 aliphatic heterocycles. The second-order valence-corrected chi connectivity index (χ2v) is 0.283. The third-order valence-electron chi connectivity index (χ3n) is 0. The van der Waals surface area contributed by atoms with Crippen molar-refractivity contribution in [3.05, 3.63) is 0 Å². The summed E-state index contributed by atoms with van der Waals surface area (Å²) in [4.78, 5) is 8.56. The molecule has 0 unspecified atom stereocenters. The molecule has 10 heavy (non-hydrogen) atoms. The molecular weight excluding hydrogens is 242 g/mol. The first-order valence-electron chi connectivity index (χ1n) is 0.651. The van der Waals surface area contributed by atoms with Gasteiger partial charge in [-0.1, -0.05) is 0 Å². The van der Waals surface area contributed by atoms with Gasteiger partial charge in [0.05, 0.1) is 0 Å². The van der Waals surface area contributed by atoms with Crippen LogP contribution < -0.4 is 0 Å². The van der Waals surface area contributed by atoms with Gasteiger partial charge in [0.25, 0.3) is 0 Å². The molecule has 0 fully saturated rings. The van der Waals surface area contributed by atoms with Crippen molar-refractivity contribution in [1.29, 1.82) is 0 Å². The first-order chi connectivity index (χ1) is 1.73. The van der Waals surface area contributed by atoms with E-state index in [-0.39, 0.29) is 55.2 Å². The van der Waals surface area contributed by atoms with Gasteiger partial charge in [0.2, 0.25) is 0 Å². The maximum absolute atomic E-state index is 8.56. The second-order valence-electron chi connectivity index (χ2n) is 0.283. The van der Waals surface area contributed by atoms with Crippen LogP contribution in [0.15, 0.2) is 0 Å². The summed E-state index contributed by atoms with van der Waals surface area (Å²) in [6.07, 6.45) is -1.83. The SMILES string of the molecule is O=C(O)O.[Co+2].[Ni+2].[OH-].[OH-].[OH-].[OH-]. The van der Waals surface area contributed by atoms with Crippen molar-refractivity contribution in [2.75, 3.05) is 0 Å². The molecule has 0 aromatic carbocycles. The molecule has 0 aliphatic rings. The van der Waals surface area contributed by atoms with Gasteiger partial charge in [0, 0.05) is 0 Å². The first kappa shape index (κ1) is 86.7. The molecule has 6 N–H and O–H groups in total. The Hall–Kier alpha value is 0.110. The van der Waals surface area contributed by atoms with Crippen molar-refractivity contribution in [3.8, 4) is 0 Å². The van der Waals surface area contributed by atoms with Gasteiger partial charge in [0.15, 0.2) is 0 Å². The standard InChI is InChI=1S/CH2O3.Co.Ni.4H2O/c2-1(3)4;;;;;;/h(H2,2,3,4);;;4*1H2/q;2*+2;;;;/p-4. The van der Waals surface area contributed by atoms with Crippen LogP contribution in [-0.2, 0) is 33.3 Å². The molecule has 0 amide bonds. The van der Waals surface area contributed by atoms with Crippen molar-refractivity contribution in [2.24, 2.45) is 0 Å². The van der Waals surface area contributed by atoms with E-state index >= 15 is 0 Å². The molecule has 7 nitrogen and oxygen atoms in total. The van der Waals surface area contributed by atoms with Crippen molar-refractivity contribution < 1.29 is 70.2 Å². The Morgan fingerprint density at radius 1 is 0.900 bits per heavy atom. The normalized spacial score (nSPS) is 2.40. The van der Waals surface area contributed by atoms with Crippen LogP contribution in [0.3, 0.4) is 0 Å². The Labute approximate surface area is 76.8 Å². The van der Waals surface area contributed by atoms with E-state index in [4.69, 9.17) is 15.0 Å². The van der Waals surface area contributed by atoms with Crippen LogP contribution in [0.4, 0.5) is 4.79 Å². The molecule has 0 atom stereocenters. The van der Waals surface area contributed by atoms with E-state index in [2.05, 4.69) is 0 Å². The van der Waals surface area contributed by atoms with Gasteiger partial charge in [-0.3, -0.25) is 0 Å². The molecule has 0 aromatic heterocycles. The fraction of sp³-hybridized carbons (Fsp3) is 0. The second kappa shape index (κ2) is 61.9. The van der Waals surface area contributed by atoms with E-state index in [1.807, 2.05) is 0 Å². The summed E-state index contributed by atoms with van der Waals surface area (Å²) in [5.41, 5.74) is 0. The van der Waals surface area contributed by atoms with E-state index in [9.17, 15) is 0 Å². The van der Waals surface area contributed by atoms with Crippen LogP contribution in [0, 0.1) is 0 Å². The fourth-order valence-electron chi connectivity index (χ4n) is 0. The molecule has 9 heteroatoms. The molecule has 0 aliphatic carbocycles. The van der Waals surface area contributed by atoms with Crippen LogP contribution in [0.25, 0.3) is 0 Å². The van der Waals surface area contributed by atoms with Gasteiger partial charge in [-0.2, -0.15) is 0 Å². The summed E-state index contributed by atoms with van der Waals surface area (Å²) in [6, 6.07) is 0. The Kier molecular flexibility index (Phi) is 537. The predicted molar refractivity (Wildman–Crippen MR) is 18.4 cm³/mol. The van der Waals surface area contributed by atoms with Crippen LogP contribution in [0.1, 0.15) is 0 Å². The minimum absolute atomic E-state index is 0. The minimum Gasteiger partial charge on any atom is -0.870 e. The van der Waals surface area contributed by atoms with Gasteiger partial charge < -0.3 is 32.1 Å². The van der Waals surface area contributed by atoms with Crippen molar-refractivity contribution in [2.45, 2.75) is 0 Å².